The van der Waals surface area contributed by atoms with Gasteiger partial charge in [0.2, 0.25) is 5.91 Å². The predicted octanol–water partition coefficient (Wildman–Crippen LogP) is 2.42. The molecule has 3 rings (SSSR count). The summed E-state index contributed by atoms with van der Waals surface area (Å²) in [5.74, 6) is 1.28. The Morgan fingerprint density at radius 2 is 2.30 bits per heavy atom. The molecule has 1 aromatic heterocycles. The number of hydrogen-bond acceptors (Lipinski definition) is 5. The molecule has 1 aliphatic heterocycles. The highest BCUT2D eigenvalue weighted by molar-refractivity contribution is 7.09. The number of amides is 1. The molecule has 2 heterocycles. The molecule has 0 spiro atoms. The quantitative estimate of drug-likeness (QED) is 0.830. The average Bonchev–Trinajstić information content (AvgIpc) is 3.33. The van der Waals surface area contributed by atoms with E-state index >= 15 is 0 Å². The van der Waals surface area contributed by atoms with Crippen LogP contribution in [0.4, 0.5) is 0 Å². The minimum absolute atomic E-state index is 0.339. The van der Waals surface area contributed by atoms with Gasteiger partial charge in [0, 0.05) is 44.1 Å². The van der Waals surface area contributed by atoms with Crippen LogP contribution in [0.5, 0.6) is 0 Å². The van der Waals surface area contributed by atoms with E-state index in [9.17, 15) is 4.79 Å². The summed E-state index contributed by atoms with van der Waals surface area (Å²) < 4.78 is 5.12. The van der Waals surface area contributed by atoms with Crippen LogP contribution in [0.1, 0.15) is 43.3 Å². The van der Waals surface area contributed by atoms with E-state index in [1.54, 1.807) is 18.4 Å². The minimum atomic E-state index is 0.339. The topological polar surface area (TPSA) is 54.5 Å². The molecule has 0 aromatic carbocycles. The first-order valence-corrected chi connectivity index (χ1v) is 9.53. The first-order valence-electron chi connectivity index (χ1n) is 8.65. The number of methoxy groups -OCH3 is 1. The number of nitrogens with zero attached hydrogens (tertiary/aromatic N) is 2. The highest BCUT2D eigenvalue weighted by atomic mass is 32.1. The highest BCUT2D eigenvalue weighted by Gasteiger charge is 2.37. The third-order valence-electron chi connectivity index (χ3n) is 4.91. The van der Waals surface area contributed by atoms with E-state index in [-0.39, 0.29) is 0 Å². The highest BCUT2D eigenvalue weighted by Crippen LogP contribution is 2.33. The molecule has 2 atom stereocenters. The number of nitrogens with one attached hydrogen (secondary N) is 1. The maximum Gasteiger partial charge on any atom is 0.225 e. The van der Waals surface area contributed by atoms with Crippen molar-refractivity contribution in [2.24, 2.45) is 11.8 Å². The Balaban J connectivity index is 1.50. The standard InChI is InChI=1S/C17H27N3O2S/c1-3-12-9-20(17(21)13-4-5-13)7-6-15(12)18-8-14-11-23-16(19-14)10-22-2/h11-13,15,18H,3-10H2,1-2H3/t12-,15+/m0/s1. The SMILES string of the molecule is CC[C@H]1CN(C(=O)C2CC2)CC[C@H]1NCc1csc(COC)n1. The summed E-state index contributed by atoms with van der Waals surface area (Å²) in [6, 6.07) is 0.482. The van der Waals surface area contributed by atoms with E-state index in [1.807, 2.05) is 0 Å². The molecule has 0 unspecified atom stereocenters. The van der Waals surface area contributed by atoms with Crippen LogP contribution in [0.15, 0.2) is 5.38 Å². The lowest BCUT2D eigenvalue weighted by molar-refractivity contribution is -0.134. The Bertz CT molecular complexity index is 530. The molecule has 128 valence electrons. The van der Waals surface area contributed by atoms with Crippen molar-refractivity contribution >= 4 is 17.2 Å². The van der Waals surface area contributed by atoms with Gasteiger partial charge in [0.15, 0.2) is 0 Å². The summed E-state index contributed by atoms with van der Waals surface area (Å²) in [4.78, 5) is 18.9. The van der Waals surface area contributed by atoms with Crippen molar-refractivity contribution in [2.75, 3.05) is 20.2 Å². The second-order valence-electron chi connectivity index (χ2n) is 6.67. The molecule has 2 fully saturated rings. The van der Waals surface area contributed by atoms with Crippen molar-refractivity contribution in [3.8, 4) is 0 Å². The molecule has 1 aromatic rings. The van der Waals surface area contributed by atoms with E-state index in [0.29, 0.717) is 30.4 Å². The second kappa shape index (κ2) is 7.73. The van der Waals surface area contributed by atoms with Gasteiger partial charge in [-0.2, -0.15) is 0 Å². The Kier molecular flexibility index (Phi) is 5.67. The number of carbonyl (C=O) groups excluding carboxylic acids is 1. The zero-order valence-electron chi connectivity index (χ0n) is 14.1. The summed E-state index contributed by atoms with van der Waals surface area (Å²) in [6.45, 7) is 5.43. The molecule has 0 radical (unpaired) electrons. The van der Waals surface area contributed by atoms with Gasteiger partial charge >= 0.3 is 0 Å². The Labute approximate surface area is 142 Å². The molecular formula is C17H27N3O2S. The number of aromatic nitrogens is 1. The van der Waals surface area contributed by atoms with E-state index in [0.717, 1.165) is 56.0 Å². The molecule has 1 saturated heterocycles. The maximum atomic E-state index is 12.3. The van der Waals surface area contributed by atoms with Crippen LogP contribution >= 0.6 is 11.3 Å². The molecule has 5 nitrogen and oxygen atoms in total. The monoisotopic (exact) mass is 337 g/mol. The van der Waals surface area contributed by atoms with Crippen LogP contribution in [-0.4, -0.2) is 42.0 Å². The number of piperidine rings is 1. The van der Waals surface area contributed by atoms with Gasteiger partial charge in [-0.3, -0.25) is 4.79 Å². The van der Waals surface area contributed by atoms with Crippen LogP contribution in [0.2, 0.25) is 0 Å². The molecule has 0 bridgehead atoms. The van der Waals surface area contributed by atoms with Crippen LogP contribution in [0.25, 0.3) is 0 Å². The lowest BCUT2D eigenvalue weighted by Gasteiger charge is -2.39. The van der Waals surface area contributed by atoms with Gasteiger partial charge in [-0.15, -0.1) is 11.3 Å². The third-order valence-corrected chi connectivity index (χ3v) is 5.78. The van der Waals surface area contributed by atoms with E-state index in [4.69, 9.17) is 4.74 Å². The number of rotatable bonds is 7. The van der Waals surface area contributed by atoms with Gasteiger partial charge in [0.1, 0.15) is 5.01 Å². The van der Waals surface area contributed by atoms with Crippen molar-refractivity contribution < 1.29 is 9.53 Å². The van der Waals surface area contributed by atoms with Crippen molar-refractivity contribution in [3.05, 3.63) is 16.1 Å². The van der Waals surface area contributed by atoms with E-state index in [1.165, 1.54) is 0 Å². The maximum absolute atomic E-state index is 12.3. The fourth-order valence-electron chi connectivity index (χ4n) is 3.36. The Hall–Kier alpha value is -0.980. The van der Waals surface area contributed by atoms with Crippen LogP contribution in [-0.2, 0) is 22.7 Å². The zero-order valence-corrected chi connectivity index (χ0v) is 14.9. The van der Waals surface area contributed by atoms with Gasteiger partial charge in [-0.25, -0.2) is 4.98 Å². The van der Waals surface area contributed by atoms with Crippen molar-refractivity contribution in [2.45, 2.75) is 51.8 Å². The first-order chi connectivity index (χ1) is 11.2. The smallest absolute Gasteiger partial charge is 0.225 e. The molecular weight excluding hydrogens is 310 g/mol. The fraction of sp³-hybridized carbons (Fsp3) is 0.765. The molecule has 23 heavy (non-hydrogen) atoms. The van der Waals surface area contributed by atoms with Crippen molar-refractivity contribution in [1.29, 1.82) is 0 Å². The molecule has 1 N–H and O–H groups in total. The van der Waals surface area contributed by atoms with Gasteiger partial charge in [0.05, 0.1) is 12.3 Å². The number of hydrogen-bond donors (Lipinski definition) is 1. The summed E-state index contributed by atoms with van der Waals surface area (Å²) >= 11 is 1.65. The van der Waals surface area contributed by atoms with E-state index in [2.05, 4.69) is 27.5 Å². The largest absolute Gasteiger partial charge is 0.378 e. The summed E-state index contributed by atoms with van der Waals surface area (Å²) in [5.41, 5.74) is 1.09. The normalized spacial score (nSPS) is 24.9. The molecule has 2 aliphatic rings. The van der Waals surface area contributed by atoms with E-state index < -0.39 is 0 Å². The Morgan fingerprint density at radius 1 is 1.48 bits per heavy atom. The summed E-state index contributed by atoms with van der Waals surface area (Å²) in [6.07, 6.45) is 4.35. The average molecular weight is 337 g/mol. The first kappa shape index (κ1) is 16.9. The van der Waals surface area contributed by atoms with Crippen molar-refractivity contribution in [1.82, 2.24) is 15.2 Å². The second-order valence-corrected chi connectivity index (χ2v) is 7.61. The van der Waals surface area contributed by atoms with Gasteiger partial charge in [0.25, 0.3) is 0 Å². The van der Waals surface area contributed by atoms with Gasteiger partial charge in [-0.1, -0.05) is 13.3 Å². The van der Waals surface area contributed by atoms with Gasteiger partial charge in [-0.05, 0) is 25.2 Å². The van der Waals surface area contributed by atoms with Crippen LogP contribution in [0.3, 0.4) is 0 Å². The van der Waals surface area contributed by atoms with Gasteiger partial charge < -0.3 is 15.0 Å². The summed E-state index contributed by atoms with van der Waals surface area (Å²) in [5, 5.41) is 6.80. The number of thiazole rings is 1. The predicted molar refractivity (Wildman–Crippen MR) is 91.2 cm³/mol. The van der Waals surface area contributed by atoms with Crippen LogP contribution < -0.4 is 5.32 Å². The molecule has 6 heteroatoms. The Morgan fingerprint density at radius 3 is 3.00 bits per heavy atom. The fourth-order valence-corrected chi connectivity index (χ4v) is 4.12. The molecule has 1 amide bonds. The lowest BCUT2D eigenvalue weighted by Crippen LogP contribution is -2.51. The minimum Gasteiger partial charge on any atom is -0.378 e. The lowest BCUT2D eigenvalue weighted by atomic mass is 9.89. The molecule has 1 saturated carbocycles. The number of carbonyl (C=O) groups is 1. The van der Waals surface area contributed by atoms with Crippen molar-refractivity contribution in [3.63, 3.8) is 0 Å². The number of ether oxygens (including phenoxy) is 1. The number of likely N-dealkylation sites (tertiary alicyclic amines) is 1. The zero-order chi connectivity index (χ0) is 16.2. The third kappa shape index (κ3) is 4.31. The molecule has 1 aliphatic carbocycles. The van der Waals surface area contributed by atoms with Crippen LogP contribution in [0, 0.1) is 11.8 Å². The summed E-state index contributed by atoms with van der Waals surface area (Å²) in [7, 11) is 1.70.